The Hall–Kier alpha value is -2.61. The van der Waals surface area contributed by atoms with Gasteiger partial charge in [0, 0.05) is 13.1 Å². The van der Waals surface area contributed by atoms with Gasteiger partial charge in [0.15, 0.2) is 0 Å². The molecule has 0 spiro atoms. The number of aryl methyl sites for hydroxylation is 1. The molecule has 1 aliphatic rings. The molecule has 2 heterocycles. The summed E-state index contributed by atoms with van der Waals surface area (Å²) in [6, 6.07) is 15.1. The van der Waals surface area contributed by atoms with Crippen LogP contribution in [0, 0.1) is 6.92 Å². The molecule has 4 rings (SSSR count). The largest absolute Gasteiger partial charge is 0.390 e. The SMILES string of the molecule is Cc1ccc(S(=O)(=O)N2C[C@H](O)[C@@H](NS(=O)(=O)c3cccs3)[C@H]2C(=O)NCc2ccccc2)cc1. The van der Waals surface area contributed by atoms with Crippen molar-refractivity contribution >= 4 is 37.3 Å². The zero-order valence-corrected chi connectivity index (χ0v) is 21.2. The quantitative estimate of drug-likeness (QED) is 0.400. The van der Waals surface area contributed by atoms with E-state index in [0.717, 1.165) is 26.8 Å². The fraction of sp³-hybridized carbons (Fsp3) is 0.261. The predicted molar refractivity (Wildman–Crippen MR) is 132 cm³/mol. The van der Waals surface area contributed by atoms with E-state index in [2.05, 4.69) is 10.0 Å². The summed E-state index contributed by atoms with van der Waals surface area (Å²) >= 11 is 0.972. The first-order chi connectivity index (χ1) is 16.6. The fourth-order valence-corrected chi connectivity index (χ4v) is 7.78. The van der Waals surface area contributed by atoms with Gasteiger partial charge < -0.3 is 10.4 Å². The van der Waals surface area contributed by atoms with Crippen LogP contribution in [0.2, 0.25) is 0 Å². The molecule has 0 bridgehead atoms. The highest BCUT2D eigenvalue weighted by atomic mass is 32.2. The summed E-state index contributed by atoms with van der Waals surface area (Å²) in [6.07, 6.45) is -1.45. The van der Waals surface area contributed by atoms with E-state index in [4.69, 9.17) is 0 Å². The fourth-order valence-electron chi connectivity index (χ4n) is 3.87. The summed E-state index contributed by atoms with van der Waals surface area (Å²) in [5.41, 5.74) is 1.63. The third-order valence-corrected chi connectivity index (χ3v) is 10.4. The molecule has 1 fully saturated rings. The van der Waals surface area contributed by atoms with Crippen molar-refractivity contribution in [2.45, 2.75) is 40.8 Å². The molecule has 3 aromatic rings. The number of rotatable bonds is 8. The van der Waals surface area contributed by atoms with E-state index in [1.54, 1.807) is 47.8 Å². The number of hydrogen-bond acceptors (Lipinski definition) is 7. The number of sulfonamides is 2. The summed E-state index contributed by atoms with van der Waals surface area (Å²) in [7, 11) is -8.33. The van der Waals surface area contributed by atoms with E-state index in [0.29, 0.717) is 0 Å². The number of hydrogen-bond donors (Lipinski definition) is 3. The van der Waals surface area contributed by atoms with Crippen molar-refractivity contribution in [3.05, 3.63) is 83.2 Å². The van der Waals surface area contributed by atoms with Gasteiger partial charge in [0.1, 0.15) is 10.3 Å². The van der Waals surface area contributed by atoms with Crippen LogP contribution in [-0.2, 0) is 31.4 Å². The number of amides is 1. The second kappa shape index (κ2) is 10.2. The molecule has 35 heavy (non-hydrogen) atoms. The topological polar surface area (TPSA) is 133 Å². The Kier molecular flexibility index (Phi) is 7.40. The second-order valence-electron chi connectivity index (χ2n) is 8.18. The third-order valence-electron chi connectivity index (χ3n) is 5.69. The van der Waals surface area contributed by atoms with Crippen LogP contribution in [0.4, 0.5) is 0 Å². The molecule has 3 N–H and O–H groups in total. The number of aliphatic hydroxyl groups is 1. The standard InChI is InChI=1S/C23H25N3O6S3/c1-16-9-11-18(12-10-16)35(31,32)26-15-19(27)21(25-34(29,30)20-8-5-13-33-20)22(26)23(28)24-14-17-6-3-2-4-7-17/h2-13,19,21-22,25,27H,14-15H2,1H3,(H,24,28)/t19-,21+,22-/m0/s1. The highest BCUT2D eigenvalue weighted by Crippen LogP contribution is 2.29. The summed E-state index contributed by atoms with van der Waals surface area (Å²) in [6.45, 7) is 1.47. The molecule has 0 radical (unpaired) electrons. The van der Waals surface area contributed by atoms with Crippen LogP contribution >= 0.6 is 11.3 Å². The van der Waals surface area contributed by atoms with E-state index in [9.17, 15) is 26.7 Å². The number of nitrogens with one attached hydrogen (secondary N) is 2. The molecule has 1 aliphatic heterocycles. The molecule has 0 aliphatic carbocycles. The maximum absolute atomic E-state index is 13.5. The van der Waals surface area contributed by atoms with E-state index in [1.807, 2.05) is 13.0 Å². The molecule has 3 atom stereocenters. The summed E-state index contributed by atoms with van der Waals surface area (Å²) in [5.74, 6) is -0.722. The number of carbonyl (C=O) groups excluding carboxylic acids is 1. The van der Waals surface area contributed by atoms with Crippen molar-refractivity contribution in [3.63, 3.8) is 0 Å². The van der Waals surface area contributed by atoms with E-state index >= 15 is 0 Å². The van der Waals surface area contributed by atoms with Crippen LogP contribution < -0.4 is 10.0 Å². The Morgan fingerprint density at radius 1 is 1.03 bits per heavy atom. The van der Waals surface area contributed by atoms with Gasteiger partial charge in [-0.25, -0.2) is 21.6 Å². The van der Waals surface area contributed by atoms with Crippen LogP contribution in [0.1, 0.15) is 11.1 Å². The third kappa shape index (κ3) is 5.47. The van der Waals surface area contributed by atoms with Crippen molar-refractivity contribution in [2.24, 2.45) is 0 Å². The first-order valence-corrected chi connectivity index (χ1v) is 14.5. The highest BCUT2D eigenvalue weighted by Gasteiger charge is 2.52. The average molecular weight is 536 g/mol. The lowest BCUT2D eigenvalue weighted by atomic mass is 10.1. The summed E-state index contributed by atoms with van der Waals surface area (Å²) in [5, 5.41) is 15.0. The Balaban J connectivity index is 1.68. The molecule has 186 valence electrons. The van der Waals surface area contributed by atoms with Gasteiger partial charge in [-0.1, -0.05) is 54.1 Å². The maximum atomic E-state index is 13.5. The monoisotopic (exact) mass is 535 g/mol. The maximum Gasteiger partial charge on any atom is 0.250 e. The van der Waals surface area contributed by atoms with E-state index in [1.165, 1.54) is 18.2 Å². The van der Waals surface area contributed by atoms with Gasteiger partial charge in [0.05, 0.1) is 17.0 Å². The Morgan fingerprint density at radius 3 is 2.34 bits per heavy atom. The van der Waals surface area contributed by atoms with Crippen molar-refractivity contribution in [1.82, 2.24) is 14.3 Å². The minimum absolute atomic E-state index is 0.00649. The van der Waals surface area contributed by atoms with Crippen LogP contribution in [0.5, 0.6) is 0 Å². The van der Waals surface area contributed by atoms with Gasteiger partial charge >= 0.3 is 0 Å². The van der Waals surface area contributed by atoms with Gasteiger partial charge in [0.2, 0.25) is 26.0 Å². The highest BCUT2D eigenvalue weighted by molar-refractivity contribution is 7.91. The lowest BCUT2D eigenvalue weighted by molar-refractivity contribution is -0.124. The molecular formula is C23H25N3O6S3. The number of benzene rings is 2. The van der Waals surface area contributed by atoms with Crippen LogP contribution in [0.15, 0.2) is 81.2 Å². The molecule has 12 heteroatoms. The number of aliphatic hydroxyl groups excluding tert-OH is 1. The molecule has 1 aromatic heterocycles. The Bertz CT molecular complexity index is 1380. The van der Waals surface area contributed by atoms with Gasteiger partial charge in [-0.2, -0.15) is 4.31 Å². The minimum Gasteiger partial charge on any atom is -0.390 e. The molecule has 9 nitrogen and oxygen atoms in total. The number of β-amino-alcohol motifs (C(OH)–C–C–N with tert-alkyl or cyclic N) is 1. The zero-order chi connectivity index (χ0) is 25.2. The van der Waals surface area contributed by atoms with Crippen molar-refractivity contribution < 1.29 is 26.7 Å². The van der Waals surface area contributed by atoms with Crippen LogP contribution in [0.3, 0.4) is 0 Å². The summed E-state index contributed by atoms with van der Waals surface area (Å²) in [4.78, 5) is 13.3. The normalized spacial score (nSPS) is 21.1. The number of nitrogens with zero attached hydrogens (tertiary/aromatic N) is 1. The smallest absolute Gasteiger partial charge is 0.250 e. The van der Waals surface area contributed by atoms with Crippen molar-refractivity contribution in [3.8, 4) is 0 Å². The van der Waals surface area contributed by atoms with Crippen LogP contribution in [-0.4, -0.2) is 56.9 Å². The van der Waals surface area contributed by atoms with Gasteiger partial charge in [-0.05, 0) is 36.1 Å². The second-order valence-corrected chi connectivity index (χ2v) is 13.0. The van der Waals surface area contributed by atoms with Gasteiger partial charge in [0.25, 0.3) is 0 Å². The lowest BCUT2D eigenvalue weighted by Crippen LogP contribution is -2.55. The van der Waals surface area contributed by atoms with Gasteiger partial charge in [-0.15, -0.1) is 11.3 Å². The van der Waals surface area contributed by atoms with Gasteiger partial charge in [-0.3, -0.25) is 4.79 Å². The summed E-state index contributed by atoms with van der Waals surface area (Å²) < 4.78 is 56.0. The first kappa shape index (κ1) is 25.5. The predicted octanol–water partition coefficient (Wildman–Crippen LogP) is 1.45. The molecule has 1 saturated heterocycles. The van der Waals surface area contributed by atoms with E-state index < -0.39 is 50.7 Å². The molecular weight excluding hydrogens is 510 g/mol. The number of thiophene rings is 1. The first-order valence-electron chi connectivity index (χ1n) is 10.7. The van der Waals surface area contributed by atoms with Crippen molar-refractivity contribution in [1.29, 1.82) is 0 Å². The van der Waals surface area contributed by atoms with E-state index in [-0.39, 0.29) is 15.6 Å². The molecule has 2 aromatic carbocycles. The lowest BCUT2D eigenvalue weighted by Gasteiger charge is -2.27. The Labute approximate surface area is 208 Å². The number of carbonyl (C=O) groups is 1. The zero-order valence-electron chi connectivity index (χ0n) is 18.7. The molecule has 0 unspecified atom stereocenters. The average Bonchev–Trinajstić information content (AvgIpc) is 3.48. The van der Waals surface area contributed by atoms with Crippen LogP contribution in [0.25, 0.3) is 0 Å². The van der Waals surface area contributed by atoms with Crippen molar-refractivity contribution in [2.75, 3.05) is 6.54 Å². The molecule has 0 saturated carbocycles. The minimum atomic E-state index is -4.23. The Morgan fingerprint density at radius 2 is 1.71 bits per heavy atom. The molecule has 1 amide bonds.